The van der Waals surface area contributed by atoms with Crippen LogP contribution in [0, 0.1) is 0 Å². The van der Waals surface area contributed by atoms with Crippen molar-refractivity contribution in [2.75, 3.05) is 32.1 Å². The van der Waals surface area contributed by atoms with Gasteiger partial charge in [-0.3, -0.25) is 9.59 Å². The number of hydrogen-bond acceptors (Lipinski definition) is 3. The van der Waals surface area contributed by atoms with Crippen molar-refractivity contribution in [2.45, 2.75) is 19.4 Å². The summed E-state index contributed by atoms with van der Waals surface area (Å²) in [5, 5.41) is 3.70. The van der Waals surface area contributed by atoms with Crippen LogP contribution in [0.15, 0.2) is 42.5 Å². The fraction of sp³-hybridized carbons (Fsp3) is 0.333. The van der Waals surface area contributed by atoms with E-state index < -0.39 is 0 Å². The molecule has 0 saturated carbocycles. The minimum Gasteiger partial charge on any atom is -0.350 e. The van der Waals surface area contributed by atoms with E-state index in [1.807, 2.05) is 55.4 Å². The molecule has 1 atom stereocenters. The van der Waals surface area contributed by atoms with Crippen LogP contribution < -0.4 is 10.2 Å². The van der Waals surface area contributed by atoms with Gasteiger partial charge in [-0.15, -0.1) is 0 Å². The summed E-state index contributed by atoms with van der Waals surface area (Å²) >= 11 is 6.33. The number of hydrogen-bond donors (Lipinski definition) is 1. The monoisotopic (exact) mass is 385 g/mol. The number of fused-ring (bicyclic) bond motifs is 1. The third-order valence-electron chi connectivity index (χ3n) is 4.96. The summed E-state index contributed by atoms with van der Waals surface area (Å²) in [5.41, 5.74) is 3.53. The lowest BCUT2D eigenvalue weighted by Crippen LogP contribution is -2.34. The van der Waals surface area contributed by atoms with Crippen molar-refractivity contribution in [3.05, 3.63) is 64.2 Å². The Morgan fingerprint density at radius 1 is 1.22 bits per heavy atom. The molecule has 3 rings (SSSR count). The first-order chi connectivity index (χ1) is 12.9. The minimum atomic E-state index is -0.127. The van der Waals surface area contributed by atoms with E-state index in [0.717, 1.165) is 23.2 Å². The van der Waals surface area contributed by atoms with Crippen LogP contribution in [0.1, 0.15) is 34.5 Å². The average molecular weight is 386 g/mol. The molecule has 0 aliphatic carbocycles. The molecule has 0 fully saturated rings. The molecule has 6 heteroatoms. The Hall–Kier alpha value is -2.37. The van der Waals surface area contributed by atoms with E-state index in [1.54, 1.807) is 17.9 Å². The maximum Gasteiger partial charge on any atom is 0.251 e. The van der Waals surface area contributed by atoms with Crippen LogP contribution in [0.2, 0.25) is 5.02 Å². The van der Waals surface area contributed by atoms with Crippen molar-refractivity contribution >= 4 is 29.1 Å². The lowest BCUT2D eigenvalue weighted by atomic mass is 10.0. The van der Waals surface area contributed by atoms with Gasteiger partial charge in [-0.1, -0.05) is 29.8 Å². The molecule has 0 spiro atoms. The molecule has 2 amide bonds. The van der Waals surface area contributed by atoms with Gasteiger partial charge in [-0.25, -0.2) is 0 Å². The molecule has 0 radical (unpaired) electrons. The molecule has 0 bridgehead atoms. The topological polar surface area (TPSA) is 52.7 Å². The summed E-state index contributed by atoms with van der Waals surface area (Å²) < 4.78 is 0. The van der Waals surface area contributed by atoms with Crippen molar-refractivity contribution in [1.29, 1.82) is 0 Å². The number of amides is 2. The standard InChI is InChI=1S/C21H24ClN3O2/c1-14(26)25-11-10-15-12-16(8-9-19(15)25)21(27)23-13-20(24(2)3)17-6-4-5-7-18(17)22/h4-9,12,20H,10-11,13H2,1-3H3,(H,23,27). The first-order valence-corrected chi connectivity index (χ1v) is 9.36. The van der Waals surface area contributed by atoms with Crippen LogP contribution in [-0.4, -0.2) is 43.9 Å². The van der Waals surface area contributed by atoms with E-state index in [-0.39, 0.29) is 17.9 Å². The van der Waals surface area contributed by atoms with Gasteiger partial charge in [0.15, 0.2) is 0 Å². The third-order valence-corrected chi connectivity index (χ3v) is 5.31. The highest BCUT2D eigenvalue weighted by atomic mass is 35.5. The van der Waals surface area contributed by atoms with Crippen LogP contribution in [0.25, 0.3) is 0 Å². The third kappa shape index (κ3) is 4.15. The summed E-state index contributed by atoms with van der Waals surface area (Å²) in [7, 11) is 3.93. The predicted molar refractivity (Wildman–Crippen MR) is 108 cm³/mol. The smallest absolute Gasteiger partial charge is 0.251 e. The van der Waals surface area contributed by atoms with Gasteiger partial charge < -0.3 is 15.1 Å². The van der Waals surface area contributed by atoms with Crippen molar-refractivity contribution in [3.8, 4) is 0 Å². The molecule has 1 aliphatic rings. The normalized spacial score (nSPS) is 14.2. The minimum absolute atomic E-state index is 0.0229. The van der Waals surface area contributed by atoms with Crippen LogP contribution in [0.3, 0.4) is 0 Å². The van der Waals surface area contributed by atoms with Crippen molar-refractivity contribution in [2.24, 2.45) is 0 Å². The van der Waals surface area contributed by atoms with E-state index in [2.05, 4.69) is 5.32 Å². The van der Waals surface area contributed by atoms with Gasteiger partial charge in [0, 0.05) is 36.3 Å². The second-order valence-electron chi connectivity index (χ2n) is 6.98. The van der Waals surface area contributed by atoms with Crippen molar-refractivity contribution in [1.82, 2.24) is 10.2 Å². The molecule has 1 aliphatic heterocycles. The van der Waals surface area contributed by atoms with Gasteiger partial charge in [-0.05, 0) is 55.9 Å². The summed E-state index contributed by atoms with van der Waals surface area (Å²) in [4.78, 5) is 28.1. The van der Waals surface area contributed by atoms with Crippen LogP contribution in [0.4, 0.5) is 5.69 Å². The van der Waals surface area contributed by atoms with Gasteiger partial charge in [-0.2, -0.15) is 0 Å². The summed E-state index contributed by atoms with van der Waals surface area (Å²) in [6, 6.07) is 13.2. The molecule has 5 nitrogen and oxygen atoms in total. The zero-order valence-electron chi connectivity index (χ0n) is 15.8. The Labute approximate surface area is 164 Å². The number of benzene rings is 2. The number of likely N-dealkylation sites (N-methyl/N-ethyl adjacent to an activating group) is 1. The second-order valence-corrected chi connectivity index (χ2v) is 7.38. The molecule has 142 valence electrons. The predicted octanol–water partition coefficient (Wildman–Crippen LogP) is 3.28. The molecule has 2 aromatic carbocycles. The Bertz CT molecular complexity index is 866. The zero-order valence-corrected chi connectivity index (χ0v) is 16.6. The van der Waals surface area contributed by atoms with Gasteiger partial charge in [0.1, 0.15) is 0 Å². The highest BCUT2D eigenvalue weighted by Crippen LogP contribution is 2.29. The largest absolute Gasteiger partial charge is 0.350 e. The van der Waals surface area contributed by atoms with E-state index in [1.165, 1.54) is 0 Å². The Kier molecular flexibility index (Phi) is 5.82. The summed E-state index contributed by atoms with van der Waals surface area (Å²) in [6.07, 6.45) is 0.774. The SMILES string of the molecule is CC(=O)N1CCc2cc(C(=O)NCC(c3ccccc3Cl)N(C)C)ccc21. The first kappa shape index (κ1) is 19.4. The number of rotatable bonds is 5. The molecular weight excluding hydrogens is 362 g/mol. The Morgan fingerprint density at radius 2 is 1.96 bits per heavy atom. The van der Waals surface area contributed by atoms with Gasteiger partial charge in [0.2, 0.25) is 5.91 Å². The molecular formula is C21H24ClN3O2. The number of halogens is 1. The van der Waals surface area contributed by atoms with Crippen molar-refractivity contribution in [3.63, 3.8) is 0 Å². The van der Waals surface area contributed by atoms with E-state index >= 15 is 0 Å². The molecule has 0 aromatic heterocycles. The maximum atomic E-state index is 12.7. The van der Waals surface area contributed by atoms with E-state index in [9.17, 15) is 9.59 Å². The highest BCUT2D eigenvalue weighted by Gasteiger charge is 2.23. The molecule has 1 heterocycles. The van der Waals surface area contributed by atoms with E-state index in [4.69, 9.17) is 11.6 Å². The number of anilines is 1. The molecule has 1 N–H and O–H groups in total. The molecule has 27 heavy (non-hydrogen) atoms. The quantitative estimate of drug-likeness (QED) is 0.859. The number of carbonyl (C=O) groups excluding carboxylic acids is 2. The maximum absolute atomic E-state index is 12.7. The van der Waals surface area contributed by atoms with Crippen LogP contribution >= 0.6 is 11.6 Å². The van der Waals surface area contributed by atoms with Gasteiger partial charge >= 0.3 is 0 Å². The number of carbonyl (C=O) groups is 2. The number of nitrogens with one attached hydrogen (secondary N) is 1. The van der Waals surface area contributed by atoms with Gasteiger partial charge in [0.05, 0.1) is 6.04 Å². The van der Waals surface area contributed by atoms with Gasteiger partial charge in [0.25, 0.3) is 5.91 Å². The average Bonchev–Trinajstić information content (AvgIpc) is 3.06. The van der Waals surface area contributed by atoms with Crippen LogP contribution in [0.5, 0.6) is 0 Å². The fourth-order valence-electron chi connectivity index (χ4n) is 3.48. The van der Waals surface area contributed by atoms with E-state index in [0.29, 0.717) is 23.7 Å². The lowest BCUT2D eigenvalue weighted by Gasteiger charge is -2.26. The van der Waals surface area contributed by atoms with Crippen LogP contribution in [-0.2, 0) is 11.2 Å². The Morgan fingerprint density at radius 3 is 2.63 bits per heavy atom. The molecule has 1 unspecified atom stereocenters. The second kappa shape index (κ2) is 8.11. The summed E-state index contributed by atoms with van der Waals surface area (Å²) in [6.45, 7) is 2.68. The number of nitrogens with zero attached hydrogens (tertiary/aromatic N) is 2. The summed E-state index contributed by atoms with van der Waals surface area (Å²) in [5.74, 6) is -0.0995. The highest BCUT2D eigenvalue weighted by molar-refractivity contribution is 6.31. The lowest BCUT2D eigenvalue weighted by molar-refractivity contribution is -0.116. The fourth-order valence-corrected chi connectivity index (χ4v) is 3.74. The molecule has 0 saturated heterocycles. The molecule has 2 aromatic rings. The van der Waals surface area contributed by atoms with Crippen molar-refractivity contribution < 1.29 is 9.59 Å². The first-order valence-electron chi connectivity index (χ1n) is 8.98. The Balaban J connectivity index is 1.72. The zero-order chi connectivity index (χ0) is 19.6.